The Morgan fingerprint density at radius 2 is 2.21 bits per heavy atom. The lowest BCUT2D eigenvalue weighted by molar-refractivity contribution is -0.147. The molecule has 0 atom stereocenters. The van der Waals surface area contributed by atoms with E-state index in [9.17, 15) is 9.59 Å². The Hall–Kier alpha value is -1.78. The van der Waals surface area contributed by atoms with Gasteiger partial charge in [-0.2, -0.15) is 0 Å². The van der Waals surface area contributed by atoms with Crippen LogP contribution in [-0.4, -0.2) is 22.0 Å². The summed E-state index contributed by atoms with van der Waals surface area (Å²) >= 11 is 0. The van der Waals surface area contributed by atoms with Gasteiger partial charge in [-0.15, -0.1) is 0 Å². The Balaban J connectivity index is 2.07. The van der Waals surface area contributed by atoms with E-state index in [4.69, 9.17) is 5.11 Å². The number of amides is 1. The van der Waals surface area contributed by atoms with Crippen LogP contribution < -0.4 is 5.32 Å². The van der Waals surface area contributed by atoms with Crippen LogP contribution in [0.1, 0.15) is 12.8 Å². The molecule has 1 saturated carbocycles. The third-order valence-electron chi connectivity index (χ3n) is 2.45. The summed E-state index contributed by atoms with van der Waals surface area (Å²) in [6.45, 7) is 0. The summed E-state index contributed by atoms with van der Waals surface area (Å²) in [7, 11) is 0. The maximum absolute atomic E-state index is 11.5. The largest absolute Gasteiger partial charge is 0.480 e. The summed E-state index contributed by atoms with van der Waals surface area (Å²) < 4.78 is 0. The number of aromatic amines is 1. The maximum atomic E-state index is 11.5. The third kappa shape index (κ3) is 1.26. The van der Waals surface area contributed by atoms with Crippen molar-refractivity contribution in [2.45, 2.75) is 12.8 Å². The molecule has 0 bridgehead atoms. The zero-order valence-electron chi connectivity index (χ0n) is 7.41. The zero-order chi connectivity index (χ0) is 10.2. The Bertz CT molecular complexity index is 365. The second-order valence-corrected chi connectivity index (χ2v) is 3.44. The number of nitrogens with one attached hydrogen (secondary N) is 2. The predicted molar refractivity (Wildman–Crippen MR) is 48.7 cm³/mol. The van der Waals surface area contributed by atoms with Crippen LogP contribution in [0.25, 0.3) is 0 Å². The van der Waals surface area contributed by atoms with E-state index >= 15 is 0 Å². The lowest BCUT2D eigenvalue weighted by atomic mass is 10.1. The Labute approximate surface area is 80.1 Å². The molecule has 0 spiro atoms. The smallest absolute Gasteiger partial charge is 0.319 e. The summed E-state index contributed by atoms with van der Waals surface area (Å²) in [6.07, 6.45) is 4.13. The van der Waals surface area contributed by atoms with Crippen molar-refractivity contribution in [1.29, 1.82) is 0 Å². The fourth-order valence-corrected chi connectivity index (χ4v) is 1.32. The molecule has 1 fully saturated rings. The molecule has 0 unspecified atom stereocenters. The van der Waals surface area contributed by atoms with E-state index in [2.05, 4.69) is 10.3 Å². The molecule has 0 saturated heterocycles. The van der Waals surface area contributed by atoms with Gasteiger partial charge in [0.05, 0.1) is 5.69 Å². The first-order valence-electron chi connectivity index (χ1n) is 4.33. The number of H-pyrrole nitrogens is 1. The second kappa shape index (κ2) is 2.87. The Morgan fingerprint density at radius 1 is 1.50 bits per heavy atom. The first-order valence-corrected chi connectivity index (χ1v) is 4.33. The van der Waals surface area contributed by atoms with Gasteiger partial charge in [-0.05, 0) is 18.9 Å². The number of anilines is 1. The van der Waals surface area contributed by atoms with Crippen molar-refractivity contribution >= 4 is 17.6 Å². The minimum Gasteiger partial charge on any atom is -0.480 e. The van der Waals surface area contributed by atoms with E-state index < -0.39 is 17.3 Å². The van der Waals surface area contributed by atoms with Gasteiger partial charge >= 0.3 is 5.97 Å². The van der Waals surface area contributed by atoms with Crippen molar-refractivity contribution in [3.8, 4) is 0 Å². The van der Waals surface area contributed by atoms with Crippen LogP contribution in [-0.2, 0) is 9.59 Å². The number of hydrogen-bond acceptors (Lipinski definition) is 2. The van der Waals surface area contributed by atoms with Crippen LogP contribution in [0.15, 0.2) is 18.5 Å². The van der Waals surface area contributed by atoms with Crippen molar-refractivity contribution in [3.63, 3.8) is 0 Å². The van der Waals surface area contributed by atoms with Crippen molar-refractivity contribution < 1.29 is 14.7 Å². The zero-order valence-corrected chi connectivity index (χ0v) is 7.41. The quantitative estimate of drug-likeness (QED) is 0.623. The van der Waals surface area contributed by atoms with Crippen LogP contribution in [0.3, 0.4) is 0 Å². The highest BCUT2D eigenvalue weighted by Gasteiger charge is 2.57. The molecular weight excluding hydrogens is 184 g/mol. The highest BCUT2D eigenvalue weighted by Crippen LogP contribution is 2.46. The molecule has 2 rings (SSSR count). The molecule has 14 heavy (non-hydrogen) atoms. The van der Waals surface area contributed by atoms with Crippen molar-refractivity contribution in [1.82, 2.24) is 4.98 Å². The number of hydrogen-bond donors (Lipinski definition) is 3. The minimum absolute atomic E-state index is 0.426. The van der Waals surface area contributed by atoms with E-state index in [0.29, 0.717) is 18.5 Å². The molecule has 1 aromatic heterocycles. The minimum atomic E-state index is -1.17. The van der Waals surface area contributed by atoms with Gasteiger partial charge in [0.15, 0.2) is 0 Å². The fraction of sp³-hybridized carbons (Fsp3) is 0.333. The SMILES string of the molecule is O=C(O)C1(C(=O)Nc2cc[nH]c2)CC1. The lowest BCUT2D eigenvalue weighted by Crippen LogP contribution is -2.31. The molecule has 3 N–H and O–H groups in total. The summed E-state index contributed by atoms with van der Waals surface area (Å²) in [6, 6.07) is 1.68. The van der Waals surface area contributed by atoms with Crippen LogP contribution >= 0.6 is 0 Å². The molecular formula is C9H10N2O3. The lowest BCUT2D eigenvalue weighted by Gasteiger charge is -2.08. The number of aromatic nitrogens is 1. The second-order valence-electron chi connectivity index (χ2n) is 3.44. The molecule has 0 aromatic carbocycles. The molecule has 1 aliphatic rings. The molecule has 0 aliphatic heterocycles. The number of carboxylic acids is 1. The molecule has 5 nitrogen and oxygen atoms in total. The van der Waals surface area contributed by atoms with Gasteiger partial charge in [0, 0.05) is 12.4 Å². The molecule has 74 valence electrons. The van der Waals surface area contributed by atoms with Crippen molar-refractivity contribution in [2.75, 3.05) is 5.32 Å². The van der Waals surface area contributed by atoms with E-state index in [0.717, 1.165) is 0 Å². The topological polar surface area (TPSA) is 82.2 Å². The number of carbonyl (C=O) groups excluding carboxylic acids is 1. The van der Waals surface area contributed by atoms with E-state index in [1.54, 1.807) is 18.5 Å². The molecule has 1 aromatic rings. The number of carbonyl (C=O) groups is 2. The summed E-state index contributed by atoms with van der Waals surface area (Å²) in [5.74, 6) is -1.46. The average molecular weight is 194 g/mol. The van der Waals surface area contributed by atoms with Gasteiger partial charge in [-0.3, -0.25) is 9.59 Å². The van der Waals surface area contributed by atoms with Gasteiger partial charge in [-0.25, -0.2) is 0 Å². The summed E-state index contributed by atoms with van der Waals surface area (Å²) in [5.41, 5.74) is -0.570. The van der Waals surface area contributed by atoms with Crippen molar-refractivity contribution in [2.24, 2.45) is 5.41 Å². The van der Waals surface area contributed by atoms with Crippen LogP contribution in [0, 0.1) is 5.41 Å². The van der Waals surface area contributed by atoms with Gasteiger partial charge in [0.2, 0.25) is 5.91 Å². The Morgan fingerprint density at radius 3 is 2.64 bits per heavy atom. The van der Waals surface area contributed by atoms with Crippen molar-refractivity contribution in [3.05, 3.63) is 18.5 Å². The normalized spacial score (nSPS) is 17.4. The first-order chi connectivity index (χ1) is 6.65. The molecule has 0 radical (unpaired) electrons. The molecule has 1 heterocycles. The predicted octanol–water partition coefficient (Wildman–Crippen LogP) is 0.818. The molecule has 5 heteroatoms. The van der Waals surface area contributed by atoms with E-state index in [1.807, 2.05) is 0 Å². The number of rotatable bonds is 3. The van der Waals surface area contributed by atoms with E-state index in [1.165, 1.54) is 0 Å². The summed E-state index contributed by atoms with van der Waals surface area (Å²) in [4.78, 5) is 25.1. The monoisotopic (exact) mass is 194 g/mol. The van der Waals surface area contributed by atoms with Crippen LogP contribution in [0.4, 0.5) is 5.69 Å². The van der Waals surface area contributed by atoms with Gasteiger partial charge in [0.25, 0.3) is 0 Å². The van der Waals surface area contributed by atoms with Crippen LogP contribution in [0.2, 0.25) is 0 Å². The highest BCUT2D eigenvalue weighted by atomic mass is 16.4. The van der Waals surface area contributed by atoms with E-state index in [-0.39, 0.29) is 0 Å². The number of aliphatic carboxylic acids is 1. The first kappa shape index (κ1) is 8.80. The van der Waals surface area contributed by atoms with Crippen LogP contribution in [0.5, 0.6) is 0 Å². The standard InChI is InChI=1S/C9H10N2O3/c12-7(9(2-3-9)8(13)14)11-6-1-4-10-5-6/h1,4-5,10H,2-3H2,(H,11,12)(H,13,14). The Kier molecular flexibility index (Phi) is 1.80. The fourth-order valence-electron chi connectivity index (χ4n) is 1.32. The summed E-state index contributed by atoms with van der Waals surface area (Å²) in [5, 5.41) is 11.4. The number of carboxylic acid groups (broad SMARTS) is 1. The maximum Gasteiger partial charge on any atom is 0.319 e. The van der Waals surface area contributed by atoms with Gasteiger partial charge in [-0.1, -0.05) is 0 Å². The average Bonchev–Trinajstić information content (AvgIpc) is 2.81. The van der Waals surface area contributed by atoms with Gasteiger partial charge < -0.3 is 15.4 Å². The highest BCUT2D eigenvalue weighted by molar-refractivity contribution is 6.10. The molecule has 1 aliphatic carbocycles. The third-order valence-corrected chi connectivity index (χ3v) is 2.45. The van der Waals surface area contributed by atoms with Gasteiger partial charge in [0.1, 0.15) is 5.41 Å². The molecule has 1 amide bonds.